The van der Waals surface area contributed by atoms with Crippen LogP contribution in [0.25, 0.3) is 0 Å². The Morgan fingerprint density at radius 1 is 1.38 bits per heavy atom. The zero-order valence-corrected chi connectivity index (χ0v) is 12.0. The zero-order valence-electron chi connectivity index (χ0n) is 11.3. The van der Waals surface area contributed by atoms with Crippen LogP contribution in [0.5, 0.6) is 5.75 Å². The number of ether oxygens (including phenoxy) is 1. The Morgan fingerprint density at radius 2 is 2.19 bits per heavy atom. The van der Waals surface area contributed by atoms with Gasteiger partial charge in [0.15, 0.2) is 12.4 Å². The summed E-state index contributed by atoms with van der Waals surface area (Å²) in [6.45, 7) is 1.55. The SMILES string of the molecule is O=C(COc1ccc(Cl)cc1)Nc1n[nH]c2c1CNCC2. The molecule has 1 aliphatic rings. The van der Waals surface area contributed by atoms with E-state index in [1.807, 2.05) is 0 Å². The van der Waals surface area contributed by atoms with Gasteiger partial charge in [-0.1, -0.05) is 11.6 Å². The van der Waals surface area contributed by atoms with Crippen LogP contribution in [0.2, 0.25) is 5.02 Å². The third-order valence-electron chi connectivity index (χ3n) is 3.25. The Bertz CT molecular complexity index is 639. The molecule has 0 atom stereocenters. The number of aromatic amines is 1. The van der Waals surface area contributed by atoms with Crippen molar-refractivity contribution in [3.8, 4) is 5.75 Å². The van der Waals surface area contributed by atoms with E-state index < -0.39 is 0 Å². The standard InChI is InChI=1S/C14H15ClN4O2/c15-9-1-3-10(4-2-9)21-8-13(20)17-14-11-7-16-6-5-12(11)18-19-14/h1-4,16H,5-8H2,(H2,17,18,19,20). The Balaban J connectivity index is 1.57. The van der Waals surface area contributed by atoms with Crippen molar-refractivity contribution in [2.75, 3.05) is 18.5 Å². The molecule has 110 valence electrons. The van der Waals surface area contributed by atoms with E-state index >= 15 is 0 Å². The van der Waals surface area contributed by atoms with Crippen molar-refractivity contribution in [3.05, 3.63) is 40.5 Å². The summed E-state index contributed by atoms with van der Waals surface area (Å²) in [6, 6.07) is 6.86. The molecule has 21 heavy (non-hydrogen) atoms. The second kappa shape index (κ2) is 6.15. The van der Waals surface area contributed by atoms with Gasteiger partial charge in [-0.2, -0.15) is 5.10 Å². The minimum Gasteiger partial charge on any atom is -0.484 e. The molecule has 2 aromatic rings. The van der Waals surface area contributed by atoms with Crippen LogP contribution in [0, 0.1) is 0 Å². The minimum absolute atomic E-state index is 0.0727. The normalized spacial score (nSPS) is 13.6. The molecule has 0 fully saturated rings. The molecule has 0 saturated heterocycles. The Labute approximate surface area is 126 Å². The fraction of sp³-hybridized carbons (Fsp3) is 0.286. The van der Waals surface area contributed by atoms with E-state index in [9.17, 15) is 4.79 Å². The van der Waals surface area contributed by atoms with Crippen molar-refractivity contribution in [2.24, 2.45) is 0 Å². The number of fused-ring (bicyclic) bond motifs is 1. The second-order valence-electron chi connectivity index (χ2n) is 4.75. The third kappa shape index (κ3) is 3.34. The molecule has 0 aliphatic carbocycles. The molecule has 0 bridgehead atoms. The van der Waals surface area contributed by atoms with Gasteiger partial charge in [-0.3, -0.25) is 9.89 Å². The first-order chi connectivity index (χ1) is 10.2. The average molecular weight is 307 g/mol. The Kier molecular flexibility index (Phi) is 4.08. The number of hydrogen-bond acceptors (Lipinski definition) is 4. The number of carbonyl (C=O) groups is 1. The predicted octanol–water partition coefficient (Wildman–Crippen LogP) is 1.73. The van der Waals surface area contributed by atoms with Crippen LogP contribution in [0.3, 0.4) is 0 Å². The summed E-state index contributed by atoms with van der Waals surface area (Å²) in [7, 11) is 0. The number of anilines is 1. The number of rotatable bonds is 4. The zero-order chi connectivity index (χ0) is 14.7. The van der Waals surface area contributed by atoms with Gasteiger partial charge in [-0.25, -0.2) is 0 Å². The number of nitrogens with zero attached hydrogens (tertiary/aromatic N) is 1. The topological polar surface area (TPSA) is 79.0 Å². The lowest BCUT2D eigenvalue weighted by Crippen LogP contribution is -2.25. The monoisotopic (exact) mass is 306 g/mol. The molecule has 1 aromatic heterocycles. The number of halogens is 1. The van der Waals surface area contributed by atoms with Gasteiger partial charge >= 0.3 is 0 Å². The summed E-state index contributed by atoms with van der Waals surface area (Å²) >= 11 is 5.78. The quantitative estimate of drug-likeness (QED) is 0.804. The van der Waals surface area contributed by atoms with Gasteiger partial charge in [0.05, 0.1) is 0 Å². The van der Waals surface area contributed by atoms with E-state index in [4.69, 9.17) is 16.3 Å². The van der Waals surface area contributed by atoms with Crippen LogP contribution >= 0.6 is 11.6 Å². The van der Waals surface area contributed by atoms with Gasteiger partial charge in [-0.05, 0) is 24.3 Å². The van der Waals surface area contributed by atoms with Crippen LogP contribution in [0.15, 0.2) is 24.3 Å². The molecule has 3 N–H and O–H groups in total. The van der Waals surface area contributed by atoms with E-state index in [1.165, 1.54) is 0 Å². The van der Waals surface area contributed by atoms with Gasteiger partial charge in [0.1, 0.15) is 5.75 Å². The summed E-state index contributed by atoms with van der Waals surface area (Å²) in [5.41, 5.74) is 2.09. The highest BCUT2D eigenvalue weighted by Crippen LogP contribution is 2.20. The Morgan fingerprint density at radius 3 is 3.00 bits per heavy atom. The number of hydrogen-bond donors (Lipinski definition) is 3. The van der Waals surface area contributed by atoms with Crippen molar-refractivity contribution in [2.45, 2.75) is 13.0 Å². The molecule has 0 radical (unpaired) electrons. The van der Waals surface area contributed by atoms with Crippen LogP contribution < -0.4 is 15.4 Å². The number of carbonyl (C=O) groups excluding carboxylic acids is 1. The van der Waals surface area contributed by atoms with Gasteiger partial charge < -0.3 is 15.4 Å². The predicted molar refractivity (Wildman–Crippen MR) is 79.6 cm³/mol. The number of aromatic nitrogens is 2. The van der Waals surface area contributed by atoms with Crippen molar-refractivity contribution < 1.29 is 9.53 Å². The fourth-order valence-corrected chi connectivity index (χ4v) is 2.30. The Hall–Kier alpha value is -2.05. The highest BCUT2D eigenvalue weighted by atomic mass is 35.5. The smallest absolute Gasteiger partial charge is 0.263 e. The molecular weight excluding hydrogens is 292 g/mol. The van der Waals surface area contributed by atoms with Gasteiger partial charge in [0.2, 0.25) is 0 Å². The maximum Gasteiger partial charge on any atom is 0.263 e. The molecule has 1 aromatic carbocycles. The minimum atomic E-state index is -0.246. The summed E-state index contributed by atoms with van der Waals surface area (Å²) in [6.07, 6.45) is 0.888. The summed E-state index contributed by atoms with van der Waals surface area (Å²) < 4.78 is 5.39. The fourth-order valence-electron chi connectivity index (χ4n) is 2.18. The maximum absolute atomic E-state index is 11.9. The van der Waals surface area contributed by atoms with Crippen LogP contribution in [0.4, 0.5) is 5.82 Å². The molecular formula is C14H15ClN4O2. The first kappa shape index (κ1) is 13.9. The summed E-state index contributed by atoms with van der Waals surface area (Å²) in [5, 5.41) is 13.7. The highest BCUT2D eigenvalue weighted by Gasteiger charge is 2.18. The first-order valence-electron chi connectivity index (χ1n) is 6.67. The van der Waals surface area contributed by atoms with Crippen LogP contribution in [-0.2, 0) is 17.8 Å². The number of H-pyrrole nitrogens is 1. The van der Waals surface area contributed by atoms with Crippen molar-refractivity contribution in [1.29, 1.82) is 0 Å². The second-order valence-corrected chi connectivity index (χ2v) is 5.18. The summed E-state index contributed by atoms with van der Waals surface area (Å²) in [5.74, 6) is 0.923. The third-order valence-corrected chi connectivity index (χ3v) is 3.50. The number of nitrogens with one attached hydrogen (secondary N) is 3. The molecule has 0 unspecified atom stereocenters. The molecule has 1 aliphatic heterocycles. The number of amides is 1. The molecule has 6 nitrogen and oxygen atoms in total. The first-order valence-corrected chi connectivity index (χ1v) is 7.05. The van der Waals surface area contributed by atoms with Crippen LogP contribution in [-0.4, -0.2) is 29.3 Å². The lowest BCUT2D eigenvalue weighted by molar-refractivity contribution is -0.118. The van der Waals surface area contributed by atoms with E-state index in [0.717, 1.165) is 24.2 Å². The van der Waals surface area contributed by atoms with E-state index in [-0.39, 0.29) is 12.5 Å². The van der Waals surface area contributed by atoms with Gasteiger partial charge in [0.25, 0.3) is 5.91 Å². The van der Waals surface area contributed by atoms with Gasteiger partial charge in [0, 0.05) is 35.8 Å². The number of benzene rings is 1. The van der Waals surface area contributed by atoms with Crippen LogP contribution in [0.1, 0.15) is 11.3 Å². The van der Waals surface area contributed by atoms with E-state index in [0.29, 0.717) is 23.1 Å². The maximum atomic E-state index is 11.9. The van der Waals surface area contributed by atoms with E-state index in [1.54, 1.807) is 24.3 Å². The molecule has 0 spiro atoms. The summed E-state index contributed by atoms with van der Waals surface area (Å²) in [4.78, 5) is 11.9. The molecule has 1 amide bonds. The molecule has 3 rings (SSSR count). The van der Waals surface area contributed by atoms with Crippen molar-refractivity contribution in [1.82, 2.24) is 15.5 Å². The molecule has 7 heteroatoms. The molecule has 2 heterocycles. The van der Waals surface area contributed by atoms with Crippen molar-refractivity contribution in [3.63, 3.8) is 0 Å². The van der Waals surface area contributed by atoms with E-state index in [2.05, 4.69) is 20.8 Å². The lowest BCUT2D eigenvalue weighted by atomic mass is 10.1. The highest BCUT2D eigenvalue weighted by molar-refractivity contribution is 6.30. The average Bonchev–Trinajstić information content (AvgIpc) is 2.90. The lowest BCUT2D eigenvalue weighted by Gasteiger charge is -2.13. The van der Waals surface area contributed by atoms with Gasteiger partial charge in [-0.15, -0.1) is 0 Å². The largest absolute Gasteiger partial charge is 0.484 e. The molecule has 0 saturated carbocycles. The van der Waals surface area contributed by atoms with Crippen molar-refractivity contribution >= 4 is 23.3 Å².